The first-order chi connectivity index (χ1) is 6.65. The highest BCUT2D eigenvalue weighted by molar-refractivity contribution is 5.69. The molecule has 14 heavy (non-hydrogen) atoms. The van der Waals surface area contributed by atoms with Crippen molar-refractivity contribution in [1.82, 2.24) is 4.90 Å². The quantitative estimate of drug-likeness (QED) is 0.727. The highest BCUT2D eigenvalue weighted by Crippen LogP contribution is 2.35. The fourth-order valence-electron chi connectivity index (χ4n) is 2.31. The van der Waals surface area contributed by atoms with E-state index >= 15 is 0 Å². The van der Waals surface area contributed by atoms with Crippen LogP contribution in [0.5, 0.6) is 0 Å². The highest BCUT2D eigenvalue weighted by atomic mass is 16.4. The summed E-state index contributed by atoms with van der Waals surface area (Å²) < 4.78 is 0. The zero-order valence-corrected chi connectivity index (χ0v) is 8.78. The van der Waals surface area contributed by atoms with Crippen molar-refractivity contribution in [3.8, 4) is 0 Å². The Morgan fingerprint density at radius 1 is 1.43 bits per heavy atom. The topological polar surface area (TPSA) is 40.5 Å². The molecule has 0 spiro atoms. The van der Waals surface area contributed by atoms with Crippen LogP contribution in [0.2, 0.25) is 0 Å². The van der Waals surface area contributed by atoms with Gasteiger partial charge in [-0.25, -0.2) is 0 Å². The number of rotatable bonds is 5. The van der Waals surface area contributed by atoms with Crippen molar-refractivity contribution >= 4 is 5.97 Å². The third kappa shape index (κ3) is 2.47. The van der Waals surface area contributed by atoms with Crippen LogP contribution in [0.3, 0.4) is 0 Å². The van der Waals surface area contributed by atoms with Gasteiger partial charge in [-0.15, -0.1) is 0 Å². The van der Waals surface area contributed by atoms with E-state index in [0.717, 1.165) is 18.4 Å². The Bertz CT molecular complexity index is 219. The van der Waals surface area contributed by atoms with Gasteiger partial charge in [-0.2, -0.15) is 0 Å². The maximum Gasteiger partial charge on any atom is 0.317 e. The predicted octanol–water partition coefficient (Wildman–Crippen LogP) is 1.58. The van der Waals surface area contributed by atoms with Crippen molar-refractivity contribution < 1.29 is 9.90 Å². The molecule has 1 N–H and O–H groups in total. The zero-order valence-electron chi connectivity index (χ0n) is 8.78. The van der Waals surface area contributed by atoms with Crippen LogP contribution in [-0.4, -0.2) is 35.1 Å². The van der Waals surface area contributed by atoms with E-state index < -0.39 is 5.97 Å². The molecule has 80 valence electrons. The molecule has 2 rings (SSSR count). The molecule has 3 heteroatoms. The van der Waals surface area contributed by atoms with Crippen molar-refractivity contribution in [1.29, 1.82) is 0 Å². The van der Waals surface area contributed by atoms with E-state index in [0.29, 0.717) is 6.04 Å². The number of carbonyl (C=O) groups is 1. The molecule has 2 aliphatic carbocycles. The van der Waals surface area contributed by atoms with E-state index in [4.69, 9.17) is 5.11 Å². The Balaban J connectivity index is 1.81. The maximum absolute atomic E-state index is 10.7. The fraction of sp³-hybridized carbons (Fsp3) is 0.909. The molecule has 0 amide bonds. The van der Waals surface area contributed by atoms with Gasteiger partial charge < -0.3 is 5.11 Å². The SMILES string of the molecule is CC1CC(N(CC(=O)O)CC2CC2)C1. The molecule has 0 atom stereocenters. The van der Waals surface area contributed by atoms with E-state index in [2.05, 4.69) is 11.8 Å². The molecule has 0 aromatic heterocycles. The minimum Gasteiger partial charge on any atom is -0.480 e. The molecule has 0 heterocycles. The average Bonchev–Trinajstić information content (AvgIpc) is 2.80. The van der Waals surface area contributed by atoms with E-state index in [-0.39, 0.29) is 6.54 Å². The Kier molecular flexibility index (Phi) is 2.77. The van der Waals surface area contributed by atoms with Crippen LogP contribution in [0.25, 0.3) is 0 Å². The maximum atomic E-state index is 10.7. The summed E-state index contributed by atoms with van der Waals surface area (Å²) in [6.07, 6.45) is 5.00. The van der Waals surface area contributed by atoms with Crippen molar-refractivity contribution in [2.24, 2.45) is 11.8 Å². The second-order valence-corrected chi connectivity index (χ2v) is 5.00. The summed E-state index contributed by atoms with van der Waals surface area (Å²) in [7, 11) is 0. The molecule has 0 saturated heterocycles. The van der Waals surface area contributed by atoms with Crippen molar-refractivity contribution in [2.75, 3.05) is 13.1 Å². The first-order valence-corrected chi connectivity index (χ1v) is 5.61. The summed E-state index contributed by atoms with van der Waals surface area (Å²) in [5.41, 5.74) is 0. The Labute approximate surface area is 85.1 Å². The summed E-state index contributed by atoms with van der Waals surface area (Å²) in [5, 5.41) is 8.81. The van der Waals surface area contributed by atoms with Gasteiger partial charge in [-0.3, -0.25) is 9.69 Å². The minimum absolute atomic E-state index is 0.244. The normalized spacial score (nSPS) is 31.6. The fourth-order valence-corrected chi connectivity index (χ4v) is 2.31. The molecule has 0 bridgehead atoms. The Hall–Kier alpha value is -0.570. The van der Waals surface area contributed by atoms with Crippen LogP contribution in [0.1, 0.15) is 32.6 Å². The molecule has 0 aromatic carbocycles. The molecule has 2 fully saturated rings. The van der Waals surface area contributed by atoms with Crippen LogP contribution in [0, 0.1) is 11.8 Å². The van der Waals surface area contributed by atoms with Gasteiger partial charge in [-0.1, -0.05) is 6.92 Å². The smallest absolute Gasteiger partial charge is 0.317 e. The third-order valence-corrected chi connectivity index (χ3v) is 3.39. The molecule has 0 radical (unpaired) electrons. The number of aliphatic carboxylic acids is 1. The highest BCUT2D eigenvalue weighted by Gasteiger charge is 2.34. The standard InChI is InChI=1S/C11H19NO2/c1-8-4-10(5-8)12(7-11(13)14)6-9-2-3-9/h8-10H,2-7H2,1H3,(H,13,14). The van der Waals surface area contributed by atoms with Crippen LogP contribution < -0.4 is 0 Å². The summed E-state index contributed by atoms with van der Waals surface area (Å²) in [6.45, 7) is 3.50. The van der Waals surface area contributed by atoms with E-state index in [1.165, 1.54) is 25.7 Å². The molecule has 2 aliphatic rings. The largest absolute Gasteiger partial charge is 0.480 e. The number of carboxylic acid groups (broad SMARTS) is 1. The summed E-state index contributed by atoms with van der Waals surface area (Å²) in [6, 6.07) is 0.557. The molecular formula is C11H19NO2. The molecular weight excluding hydrogens is 178 g/mol. The second kappa shape index (κ2) is 3.89. The lowest BCUT2D eigenvalue weighted by Gasteiger charge is -2.41. The van der Waals surface area contributed by atoms with Gasteiger partial charge in [0.25, 0.3) is 0 Å². The van der Waals surface area contributed by atoms with Gasteiger partial charge in [0.15, 0.2) is 0 Å². The van der Waals surface area contributed by atoms with Crippen molar-refractivity contribution in [3.63, 3.8) is 0 Å². The van der Waals surface area contributed by atoms with Crippen LogP contribution in [0.4, 0.5) is 0 Å². The lowest BCUT2D eigenvalue weighted by Crippen LogP contribution is -2.47. The van der Waals surface area contributed by atoms with Crippen LogP contribution in [0.15, 0.2) is 0 Å². The van der Waals surface area contributed by atoms with E-state index in [1.54, 1.807) is 0 Å². The lowest BCUT2D eigenvalue weighted by atomic mass is 9.80. The molecule has 0 aromatic rings. The Morgan fingerprint density at radius 3 is 2.50 bits per heavy atom. The summed E-state index contributed by atoms with van der Waals surface area (Å²) >= 11 is 0. The van der Waals surface area contributed by atoms with Gasteiger partial charge in [0, 0.05) is 12.6 Å². The summed E-state index contributed by atoms with van der Waals surface area (Å²) in [5.74, 6) is 0.922. The molecule has 0 aliphatic heterocycles. The van der Waals surface area contributed by atoms with E-state index in [1.807, 2.05) is 0 Å². The first kappa shape index (κ1) is 9.97. The molecule has 2 saturated carbocycles. The number of hydrogen-bond acceptors (Lipinski definition) is 2. The van der Waals surface area contributed by atoms with Gasteiger partial charge >= 0.3 is 5.97 Å². The minimum atomic E-state index is -0.676. The zero-order chi connectivity index (χ0) is 10.1. The first-order valence-electron chi connectivity index (χ1n) is 5.61. The van der Waals surface area contributed by atoms with Crippen molar-refractivity contribution in [2.45, 2.75) is 38.6 Å². The summed E-state index contributed by atoms with van der Waals surface area (Å²) in [4.78, 5) is 12.9. The monoisotopic (exact) mass is 197 g/mol. The number of carboxylic acids is 1. The van der Waals surface area contributed by atoms with Gasteiger partial charge in [0.1, 0.15) is 0 Å². The molecule has 0 unspecified atom stereocenters. The van der Waals surface area contributed by atoms with Crippen molar-refractivity contribution in [3.05, 3.63) is 0 Å². The number of nitrogens with zero attached hydrogens (tertiary/aromatic N) is 1. The van der Waals surface area contributed by atoms with Crippen LogP contribution >= 0.6 is 0 Å². The second-order valence-electron chi connectivity index (χ2n) is 5.00. The molecule has 3 nitrogen and oxygen atoms in total. The van der Waals surface area contributed by atoms with Crippen LogP contribution in [-0.2, 0) is 4.79 Å². The van der Waals surface area contributed by atoms with Gasteiger partial charge in [-0.05, 0) is 37.5 Å². The Morgan fingerprint density at radius 2 is 2.07 bits per heavy atom. The number of hydrogen-bond donors (Lipinski definition) is 1. The predicted molar refractivity (Wildman–Crippen MR) is 54.1 cm³/mol. The van der Waals surface area contributed by atoms with Gasteiger partial charge in [0.2, 0.25) is 0 Å². The average molecular weight is 197 g/mol. The lowest BCUT2D eigenvalue weighted by molar-refractivity contribution is -0.139. The third-order valence-electron chi connectivity index (χ3n) is 3.39. The van der Waals surface area contributed by atoms with E-state index in [9.17, 15) is 4.79 Å². The van der Waals surface area contributed by atoms with Gasteiger partial charge in [0.05, 0.1) is 6.54 Å².